The van der Waals surface area contributed by atoms with Gasteiger partial charge < -0.3 is 20.1 Å². The first-order valence-corrected chi connectivity index (χ1v) is 9.11. The molecule has 27 heavy (non-hydrogen) atoms. The van der Waals surface area contributed by atoms with E-state index in [0.717, 1.165) is 5.56 Å². The van der Waals surface area contributed by atoms with Crippen LogP contribution < -0.4 is 15.4 Å². The molecule has 0 bridgehead atoms. The molecule has 0 spiro atoms. The Morgan fingerprint density at radius 3 is 2.52 bits per heavy atom. The molecule has 0 aliphatic rings. The summed E-state index contributed by atoms with van der Waals surface area (Å²) in [6, 6.07) is 12.0. The van der Waals surface area contributed by atoms with Gasteiger partial charge in [0.1, 0.15) is 12.4 Å². The zero-order valence-electron chi connectivity index (χ0n) is 14.8. The minimum absolute atomic E-state index is 0.199. The first-order chi connectivity index (χ1) is 13.0. The van der Waals surface area contributed by atoms with E-state index in [2.05, 4.69) is 10.6 Å². The number of carbonyl (C=O) groups excluding carboxylic acids is 2. The van der Waals surface area contributed by atoms with Crippen LogP contribution >= 0.6 is 23.2 Å². The molecule has 0 heterocycles. The third-order valence-corrected chi connectivity index (χ3v) is 4.07. The van der Waals surface area contributed by atoms with E-state index in [1.54, 1.807) is 49.4 Å². The van der Waals surface area contributed by atoms with Crippen molar-refractivity contribution in [2.75, 3.05) is 19.7 Å². The average Bonchev–Trinajstić information content (AvgIpc) is 2.65. The first-order valence-electron chi connectivity index (χ1n) is 8.35. The minimum Gasteiger partial charge on any atom is -0.488 e. The Morgan fingerprint density at radius 2 is 1.78 bits per heavy atom. The summed E-state index contributed by atoms with van der Waals surface area (Å²) in [7, 11) is 0. The van der Waals surface area contributed by atoms with Crippen LogP contribution in [0.2, 0.25) is 10.0 Å². The van der Waals surface area contributed by atoms with Crippen molar-refractivity contribution in [3.05, 3.63) is 63.6 Å². The van der Waals surface area contributed by atoms with Crippen LogP contribution in [0.1, 0.15) is 22.8 Å². The fraction of sp³-hybridized carbons (Fsp3) is 0.263. The standard InChI is InChI=1S/C19H20Cl2N2O4/c1-2-26-19(25)23-10-9-22-18(24)15-5-3-4-6-17(15)27-12-13-7-8-14(20)11-16(13)21/h3-8,11H,2,9-10,12H2,1H3,(H,22,24)(H,23,25). The van der Waals surface area contributed by atoms with Gasteiger partial charge in [-0.3, -0.25) is 4.79 Å². The summed E-state index contributed by atoms with van der Waals surface area (Å²) in [6.45, 7) is 2.73. The number of carbonyl (C=O) groups is 2. The maximum absolute atomic E-state index is 12.4. The van der Waals surface area contributed by atoms with Gasteiger partial charge in [0.2, 0.25) is 0 Å². The second-order valence-electron chi connectivity index (χ2n) is 5.42. The summed E-state index contributed by atoms with van der Waals surface area (Å²) in [5.74, 6) is 0.123. The van der Waals surface area contributed by atoms with Crippen molar-refractivity contribution < 1.29 is 19.1 Å². The molecule has 2 aromatic rings. The number of halogens is 2. The molecule has 2 aromatic carbocycles. The van der Waals surface area contributed by atoms with Crippen LogP contribution in [0.25, 0.3) is 0 Å². The van der Waals surface area contributed by atoms with Crippen molar-refractivity contribution in [3.8, 4) is 5.75 Å². The number of alkyl carbamates (subject to hydrolysis) is 1. The molecule has 0 saturated carbocycles. The van der Waals surface area contributed by atoms with Crippen molar-refractivity contribution in [3.63, 3.8) is 0 Å². The Hall–Kier alpha value is -2.44. The van der Waals surface area contributed by atoms with Gasteiger partial charge in [-0.2, -0.15) is 0 Å². The van der Waals surface area contributed by atoms with Crippen molar-refractivity contribution >= 4 is 35.2 Å². The molecule has 144 valence electrons. The van der Waals surface area contributed by atoms with Crippen LogP contribution in [0.15, 0.2) is 42.5 Å². The highest BCUT2D eigenvalue weighted by atomic mass is 35.5. The zero-order chi connectivity index (χ0) is 19.6. The van der Waals surface area contributed by atoms with Crippen LogP contribution in [-0.4, -0.2) is 31.7 Å². The van der Waals surface area contributed by atoms with Crippen LogP contribution in [0.5, 0.6) is 5.75 Å². The SMILES string of the molecule is CCOC(=O)NCCNC(=O)c1ccccc1OCc1ccc(Cl)cc1Cl. The molecule has 0 aliphatic carbocycles. The number of para-hydroxylation sites is 1. The van der Waals surface area contributed by atoms with Crippen LogP contribution in [0, 0.1) is 0 Å². The van der Waals surface area contributed by atoms with Crippen molar-refractivity contribution in [1.29, 1.82) is 0 Å². The van der Waals surface area contributed by atoms with Gasteiger partial charge in [0.05, 0.1) is 12.2 Å². The summed E-state index contributed by atoms with van der Waals surface area (Å²) in [5, 5.41) is 6.29. The Labute approximate surface area is 167 Å². The molecule has 8 heteroatoms. The second-order valence-corrected chi connectivity index (χ2v) is 6.27. The largest absolute Gasteiger partial charge is 0.488 e. The minimum atomic E-state index is -0.518. The van der Waals surface area contributed by atoms with Crippen LogP contribution in [-0.2, 0) is 11.3 Å². The van der Waals surface area contributed by atoms with Gasteiger partial charge in [-0.05, 0) is 31.2 Å². The van der Waals surface area contributed by atoms with E-state index >= 15 is 0 Å². The number of rotatable bonds is 8. The topological polar surface area (TPSA) is 76.7 Å². The lowest BCUT2D eigenvalue weighted by atomic mass is 10.2. The zero-order valence-corrected chi connectivity index (χ0v) is 16.3. The summed E-state index contributed by atoms with van der Waals surface area (Å²) in [5.41, 5.74) is 1.15. The van der Waals surface area contributed by atoms with Gasteiger partial charge in [-0.15, -0.1) is 0 Å². The number of amides is 2. The van der Waals surface area contributed by atoms with Gasteiger partial charge in [0.25, 0.3) is 5.91 Å². The smallest absolute Gasteiger partial charge is 0.407 e. The Morgan fingerprint density at radius 1 is 1.04 bits per heavy atom. The van der Waals surface area contributed by atoms with E-state index in [9.17, 15) is 9.59 Å². The molecule has 0 aliphatic heterocycles. The van der Waals surface area contributed by atoms with Crippen molar-refractivity contribution in [2.45, 2.75) is 13.5 Å². The predicted molar refractivity (Wildman–Crippen MR) is 105 cm³/mol. The van der Waals surface area contributed by atoms with Gasteiger partial charge in [-0.1, -0.05) is 41.4 Å². The quantitative estimate of drug-likeness (QED) is 0.643. The highest BCUT2D eigenvalue weighted by Gasteiger charge is 2.12. The lowest BCUT2D eigenvalue weighted by molar-refractivity contribution is 0.0947. The fourth-order valence-corrected chi connectivity index (χ4v) is 2.66. The summed E-state index contributed by atoms with van der Waals surface area (Å²) < 4.78 is 10.5. The van der Waals surface area contributed by atoms with Crippen LogP contribution in [0.4, 0.5) is 4.79 Å². The van der Waals surface area contributed by atoms with Crippen LogP contribution in [0.3, 0.4) is 0 Å². The monoisotopic (exact) mass is 410 g/mol. The lowest BCUT2D eigenvalue weighted by Gasteiger charge is -2.13. The third kappa shape index (κ3) is 6.66. The maximum atomic E-state index is 12.4. The summed E-state index contributed by atoms with van der Waals surface area (Å²) in [6.07, 6.45) is -0.518. The molecule has 0 aromatic heterocycles. The fourth-order valence-electron chi connectivity index (χ4n) is 2.19. The van der Waals surface area contributed by atoms with E-state index in [0.29, 0.717) is 28.0 Å². The van der Waals surface area contributed by atoms with E-state index in [4.69, 9.17) is 32.7 Å². The molecule has 0 atom stereocenters. The number of benzene rings is 2. The Balaban J connectivity index is 1.92. The van der Waals surface area contributed by atoms with Gasteiger partial charge in [0.15, 0.2) is 0 Å². The molecule has 6 nitrogen and oxygen atoms in total. The van der Waals surface area contributed by atoms with E-state index in [1.807, 2.05) is 0 Å². The number of hydrogen-bond acceptors (Lipinski definition) is 4. The number of ether oxygens (including phenoxy) is 2. The molecule has 0 saturated heterocycles. The van der Waals surface area contributed by atoms with Gasteiger partial charge >= 0.3 is 6.09 Å². The summed E-state index contributed by atoms with van der Waals surface area (Å²) in [4.78, 5) is 23.6. The van der Waals surface area contributed by atoms with E-state index in [-0.39, 0.29) is 25.6 Å². The molecular weight excluding hydrogens is 391 g/mol. The molecule has 0 unspecified atom stereocenters. The highest BCUT2D eigenvalue weighted by Crippen LogP contribution is 2.24. The van der Waals surface area contributed by atoms with E-state index in [1.165, 1.54) is 0 Å². The highest BCUT2D eigenvalue weighted by molar-refractivity contribution is 6.35. The predicted octanol–water partition coefficient (Wildman–Crippen LogP) is 4.05. The van der Waals surface area contributed by atoms with E-state index < -0.39 is 6.09 Å². The van der Waals surface area contributed by atoms with Crippen molar-refractivity contribution in [1.82, 2.24) is 10.6 Å². The maximum Gasteiger partial charge on any atom is 0.407 e. The van der Waals surface area contributed by atoms with Gasteiger partial charge in [0, 0.05) is 28.7 Å². The summed E-state index contributed by atoms with van der Waals surface area (Å²) >= 11 is 12.0. The first kappa shape index (κ1) is 20.9. The molecule has 0 radical (unpaired) electrons. The molecule has 0 fully saturated rings. The number of nitrogens with one attached hydrogen (secondary N) is 2. The Bertz CT molecular complexity index is 799. The molecule has 2 amide bonds. The Kier molecular flexibility index (Phi) is 8.23. The lowest BCUT2D eigenvalue weighted by Crippen LogP contribution is -2.35. The van der Waals surface area contributed by atoms with Gasteiger partial charge in [-0.25, -0.2) is 4.79 Å². The van der Waals surface area contributed by atoms with Crippen molar-refractivity contribution in [2.24, 2.45) is 0 Å². The molecule has 2 N–H and O–H groups in total. The normalized spacial score (nSPS) is 10.2. The molecule has 2 rings (SSSR count). The third-order valence-electron chi connectivity index (χ3n) is 3.49. The second kappa shape index (κ2) is 10.6. The number of hydrogen-bond donors (Lipinski definition) is 2. The average molecular weight is 411 g/mol. The molecular formula is C19H20Cl2N2O4.